The van der Waals surface area contributed by atoms with Crippen LogP contribution in [0.4, 0.5) is 0 Å². The topological polar surface area (TPSA) is 72.2 Å². The highest BCUT2D eigenvalue weighted by Crippen LogP contribution is 2.27. The van der Waals surface area contributed by atoms with E-state index >= 15 is 0 Å². The largest absolute Gasteiger partial charge is 0.322 e. The molecule has 5 heteroatoms. The van der Waals surface area contributed by atoms with E-state index in [1.807, 2.05) is 74.5 Å². The summed E-state index contributed by atoms with van der Waals surface area (Å²) < 4.78 is 27.6. The van der Waals surface area contributed by atoms with Gasteiger partial charge < -0.3 is 5.73 Å². The standard InChI is InChI=1S/C18H24N2O2S/c1-14(2)13-23(21,22)20-18(16-11-7-4-8-12-16)17(19)15-9-5-3-6-10-15/h3-12,14,17-18,20H,13,19H2,1-2H3/t17-,18-/m0/s1. The molecule has 2 rings (SSSR count). The van der Waals surface area contributed by atoms with E-state index in [2.05, 4.69) is 4.72 Å². The van der Waals surface area contributed by atoms with Gasteiger partial charge in [-0.05, 0) is 17.0 Å². The van der Waals surface area contributed by atoms with E-state index < -0.39 is 22.1 Å². The first kappa shape index (κ1) is 17.7. The van der Waals surface area contributed by atoms with Gasteiger partial charge in [0.25, 0.3) is 0 Å². The number of rotatable bonds is 7. The number of hydrogen-bond acceptors (Lipinski definition) is 3. The normalized spacial score (nSPS) is 14.6. The SMILES string of the molecule is CC(C)CS(=O)(=O)N[C@@H](c1ccccc1)[C@@H](N)c1ccccc1. The fraction of sp³-hybridized carbons (Fsp3) is 0.333. The van der Waals surface area contributed by atoms with Gasteiger partial charge in [0, 0.05) is 0 Å². The maximum Gasteiger partial charge on any atom is 0.212 e. The summed E-state index contributed by atoms with van der Waals surface area (Å²) in [6.07, 6.45) is 0. The first-order chi connectivity index (χ1) is 10.9. The first-order valence-electron chi connectivity index (χ1n) is 7.74. The van der Waals surface area contributed by atoms with Crippen LogP contribution < -0.4 is 10.5 Å². The quantitative estimate of drug-likeness (QED) is 0.818. The molecule has 0 aliphatic rings. The molecule has 0 heterocycles. The molecule has 2 aromatic rings. The number of nitrogens with one attached hydrogen (secondary N) is 1. The van der Waals surface area contributed by atoms with Crippen LogP contribution in [0.15, 0.2) is 60.7 Å². The Morgan fingerprint density at radius 3 is 1.87 bits per heavy atom. The van der Waals surface area contributed by atoms with Crippen molar-refractivity contribution in [3.63, 3.8) is 0 Å². The second kappa shape index (κ2) is 7.73. The number of nitrogens with two attached hydrogens (primary N) is 1. The number of sulfonamides is 1. The van der Waals surface area contributed by atoms with Crippen molar-refractivity contribution in [3.05, 3.63) is 71.8 Å². The summed E-state index contributed by atoms with van der Waals surface area (Å²) in [6, 6.07) is 18.1. The van der Waals surface area contributed by atoms with Crippen molar-refractivity contribution >= 4 is 10.0 Å². The van der Waals surface area contributed by atoms with Gasteiger partial charge in [-0.2, -0.15) is 0 Å². The van der Waals surface area contributed by atoms with E-state index in [0.717, 1.165) is 11.1 Å². The molecule has 3 N–H and O–H groups in total. The van der Waals surface area contributed by atoms with Gasteiger partial charge in [0.05, 0.1) is 17.8 Å². The summed E-state index contributed by atoms with van der Waals surface area (Å²) in [7, 11) is -3.41. The Morgan fingerprint density at radius 1 is 0.913 bits per heavy atom. The van der Waals surface area contributed by atoms with E-state index in [-0.39, 0.29) is 11.7 Å². The molecule has 0 saturated carbocycles. The molecule has 0 aliphatic carbocycles. The van der Waals surface area contributed by atoms with Crippen molar-refractivity contribution in [2.75, 3.05) is 5.75 Å². The zero-order chi connectivity index (χ0) is 16.9. The molecule has 124 valence electrons. The van der Waals surface area contributed by atoms with Crippen LogP contribution in [-0.4, -0.2) is 14.2 Å². The lowest BCUT2D eigenvalue weighted by molar-refractivity contribution is 0.499. The summed E-state index contributed by atoms with van der Waals surface area (Å²) in [5, 5.41) is 0. The Hall–Kier alpha value is -1.69. The molecule has 23 heavy (non-hydrogen) atoms. The third kappa shape index (κ3) is 5.16. The smallest absolute Gasteiger partial charge is 0.212 e. The van der Waals surface area contributed by atoms with E-state index in [1.54, 1.807) is 0 Å². The van der Waals surface area contributed by atoms with Crippen molar-refractivity contribution in [2.45, 2.75) is 25.9 Å². The average Bonchev–Trinajstić information content (AvgIpc) is 2.52. The predicted molar refractivity (Wildman–Crippen MR) is 94.3 cm³/mol. The molecule has 0 fully saturated rings. The lowest BCUT2D eigenvalue weighted by Crippen LogP contribution is -2.38. The molecule has 0 aliphatic heterocycles. The van der Waals surface area contributed by atoms with Crippen molar-refractivity contribution in [2.24, 2.45) is 11.7 Å². The van der Waals surface area contributed by atoms with Crippen LogP contribution in [0.1, 0.15) is 37.1 Å². The molecule has 2 aromatic carbocycles. The summed E-state index contributed by atoms with van der Waals surface area (Å²) >= 11 is 0. The second-order valence-corrected chi connectivity index (χ2v) is 7.92. The van der Waals surface area contributed by atoms with E-state index in [9.17, 15) is 8.42 Å². The first-order valence-corrected chi connectivity index (χ1v) is 9.40. The van der Waals surface area contributed by atoms with Crippen LogP contribution in [0.2, 0.25) is 0 Å². The van der Waals surface area contributed by atoms with Crippen LogP contribution in [0.3, 0.4) is 0 Å². The Labute approximate surface area is 138 Å². The van der Waals surface area contributed by atoms with E-state index in [0.29, 0.717) is 0 Å². The zero-order valence-corrected chi connectivity index (χ0v) is 14.3. The van der Waals surface area contributed by atoms with E-state index in [4.69, 9.17) is 5.73 Å². The fourth-order valence-corrected chi connectivity index (χ4v) is 4.20. The van der Waals surface area contributed by atoms with Gasteiger partial charge in [0.2, 0.25) is 10.0 Å². The van der Waals surface area contributed by atoms with Crippen molar-refractivity contribution in [1.82, 2.24) is 4.72 Å². The van der Waals surface area contributed by atoms with Crippen LogP contribution >= 0.6 is 0 Å². The molecule has 0 radical (unpaired) electrons. The lowest BCUT2D eigenvalue weighted by atomic mass is 9.95. The highest BCUT2D eigenvalue weighted by Gasteiger charge is 2.26. The van der Waals surface area contributed by atoms with Gasteiger partial charge in [-0.15, -0.1) is 0 Å². The Morgan fingerprint density at radius 2 is 1.39 bits per heavy atom. The fourth-order valence-electron chi connectivity index (χ4n) is 2.56. The molecule has 0 aromatic heterocycles. The Kier molecular flexibility index (Phi) is 5.93. The lowest BCUT2D eigenvalue weighted by Gasteiger charge is -2.26. The van der Waals surface area contributed by atoms with Crippen molar-refractivity contribution < 1.29 is 8.42 Å². The highest BCUT2D eigenvalue weighted by atomic mass is 32.2. The van der Waals surface area contributed by atoms with Gasteiger partial charge in [-0.1, -0.05) is 74.5 Å². The average molecular weight is 332 g/mol. The summed E-state index contributed by atoms with van der Waals surface area (Å²) in [6.45, 7) is 3.77. The molecular formula is C18H24N2O2S. The monoisotopic (exact) mass is 332 g/mol. The molecule has 0 unspecified atom stereocenters. The minimum atomic E-state index is -3.41. The van der Waals surface area contributed by atoms with Crippen LogP contribution in [0.25, 0.3) is 0 Å². The number of benzene rings is 2. The van der Waals surface area contributed by atoms with Gasteiger partial charge in [-0.3, -0.25) is 0 Å². The highest BCUT2D eigenvalue weighted by molar-refractivity contribution is 7.89. The minimum absolute atomic E-state index is 0.0527. The van der Waals surface area contributed by atoms with Crippen LogP contribution in [0.5, 0.6) is 0 Å². The minimum Gasteiger partial charge on any atom is -0.322 e. The van der Waals surface area contributed by atoms with Gasteiger partial charge in [0.1, 0.15) is 0 Å². The van der Waals surface area contributed by atoms with Crippen molar-refractivity contribution in [1.29, 1.82) is 0 Å². The predicted octanol–water partition coefficient (Wildman–Crippen LogP) is 3.00. The third-order valence-corrected chi connectivity index (χ3v) is 5.28. The van der Waals surface area contributed by atoms with Gasteiger partial charge in [0.15, 0.2) is 0 Å². The summed E-state index contributed by atoms with van der Waals surface area (Å²) in [5.41, 5.74) is 8.14. The zero-order valence-electron chi connectivity index (χ0n) is 13.5. The Balaban J connectivity index is 2.33. The van der Waals surface area contributed by atoms with Crippen LogP contribution in [-0.2, 0) is 10.0 Å². The number of hydrogen-bond donors (Lipinski definition) is 2. The summed E-state index contributed by atoms with van der Waals surface area (Å²) in [4.78, 5) is 0. The van der Waals surface area contributed by atoms with Gasteiger partial charge >= 0.3 is 0 Å². The third-order valence-electron chi connectivity index (χ3n) is 3.56. The molecule has 4 nitrogen and oxygen atoms in total. The Bertz CT molecular complexity index is 700. The van der Waals surface area contributed by atoms with Gasteiger partial charge in [-0.25, -0.2) is 13.1 Å². The van der Waals surface area contributed by atoms with Crippen LogP contribution in [0, 0.1) is 5.92 Å². The van der Waals surface area contributed by atoms with E-state index in [1.165, 1.54) is 0 Å². The maximum absolute atomic E-state index is 12.4. The molecule has 0 bridgehead atoms. The molecule has 0 amide bonds. The molecule has 2 atom stereocenters. The molecule has 0 spiro atoms. The second-order valence-electron chi connectivity index (χ2n) is 6.12. The molecule has 0 saturated heterocycles. The summed E-state index contributed by atoms with van der Waals surface area (Å²) in [5.74, 6) is 0.134. The maximum atomic E-state index is 12.4. The molecular weight excluding hydrogens is 308 g/mol. The van der Waals surface area contributed by atoms with Crippen molar-refractivity contribution in [3.8, 4) is 0 Å².